The molecule has 1 aromatic carbocycles. The van der Waals surface area contributed by atoms with Gasteiger partial charge in [-0.15, -0.1) is 5.10 Å². The molecule has 0 bridgehead atoms. The second-order valence-corrected chi connectivity index (χ2v) is 9.77. The van der Waals surface area contributed by atoms with Crippen LogP contribution < -0.4 is 10.2 Å². The zero-order valence-corrected chi connectivity index (χ0v) is 20.2. The van der Waals surface area contributed by atoms with Crippen LogP contribution in [0.15, 0.2) is 30.5 Å². The molecular weight excluding hydrogens is 473 g/mol. The monoisotopic (exact) mass is 500 g/mol. The van der Waals surface area contributed by atoms with Gasteiger partial charge in [-0.25, -0.2) is 4.39 Å². The van der Waals surface area contributed by atoms with E-state index < -0.39 is 30.0 Å². The summed E-state index contributed by atoms with van der Waals surface area (Å²) in [6, 6.07) is 4.87. The summed E-state index contributed by atoms with van der Waals surface area (Å²) in [6.45, 7) is 3.89. The fourth-order valence-electron chi connectivity index (χ4n) is 5.12. The van der Waals surface area contributed by atoms with Crippen molar-refractivity contribution in [3.05, 3.63) is 53.1 Å². The van der Waals surface area contributed by atoms with Crippen LogP contribution in [-0.4, -0.2) is 64.4 Å². The summed E-state index contributed by atoms with van der Waals surface area (Å²) < 4.78 is 43.0. The van der Waals surface area contributed by atoms with Gasteiger partial charge in [-0.1, -0.05) is 12.1 Å². The van der Waals surface area contributed by atoms with Gasteiger partial charge < -0.3 is 20.2 Å². The zero-order chi connectivity index (χ0) is 25.8. The number of pyridine rings is 1. The SMILES string of the molecule is Cc1nnc(N[C@H](C)c2cccc(C(F)(F)CO)c2F)c2cc(N3CC4(CCN(C)C4=O)C3)cnc12. The Hall–Kier alpha value is -3.47. The van der Waals surface area contributed by atoms with Crippen LogP contribution in [-0.2, 0) is 10.7 Å². The molecule has 36 heavy (non-hydrogen) atoms. The number of hydrogen-bond acceptors (Lipinski definition) is 7. The average Bonchev–Trinajstić information content (AvgIpc) is 3.14. The number of carbonyl (C=O) groups is 1. The van der Waals surface area contributed by atoms with Crippen LogP contribution >= 0.6 is 0 Å². The molecule has 0 radical (unpaired) electrons. The number of nitrogens with zero attached hydrogens (tertiary/aromatic N) is 5. The van der Waals surface area contributed by atoms with Crippen LogP contribution in [0, 0.1) is 18.2 Å². The molecule has 0 aliphatic carbocycles. The van der Waals surface area contributed by atoms with Gasteiger partial charge in [-0.05, 0) is 32.4 Å². The lowest BCUT2D eigenvalue weighted by Gasteiger charge is -2.47. The predicted octanol–water partition coefficient (Wildman–Crippen LogP) is 3.40. The van der Waals surface area contributed by atoms with Crippen molar-refractivity contribution in [1.82, 2.24) is 20.1 Å². The van der Waals surface area contributed by atoms with Gasteiger partial charge in [0.25, 0.3) is 5.92 Å². The Bertz CT molecular complexity index is 1340. The van der Waals surface area contributed by atoms with Crippen molar-refractivity contribution in [2.75, 3.05) is 43.5 Å². The molecule has 1 atom stereocenters. The van der Waals surface area contributed by atoms with E-state index in [1.165, 1.54) is 12.1 Å². The van der Waals surface area contributed by atoms with Crippen LogP contribution in [0.3, 0.4) is 0 Å². The van der Waals surface area contributed by atoms with Crippen LogP contribution in [0.4, 0.5) is 24.7 Å². The number of aliphatic hydroxyl groups excluding tert-OH is 1. The largest absolute Gasteiger partial charge is 0.390 e. The maximum Gasteiger partial charge on any atom is 0.298 e. The van der Waals surface area contributed by atoms with Gasteiger partial charge in [0.05, 0.1) is 40.1 Å². The number of likely N-dealkylation sites (tertiary alicyclic amines) is 1. The summed E-state index contributed by atoms with van der Waals surface area (Å²) in [5, 5.41) is 21.1. The van der Waals surface area contributed by atoms with Crippen molar-refractivity contribution in [2.24, 2.45) is 5.41 Å². The quantitative estimate of drug-likeness (QED) is 0.536. The highest BCUT2D eigenvalue weighted by Gasteiger charge is 2.53. The van der Waals surface area contributed by atoms with Crippen LogP contribution in [0.2, 0.25) is 0 Å². The lowest BCUT2D eigenvalue weighted by atomic mass is 9.78. The topological polar surface area (TPSA) is 94.5 Å². The molecule has 11 heteroatoms. The molecule has 2 saturated heterocycles. The molecule has 0 saturated carbocycles. The maximum absolute atomic E-state index is 15.0. The highest BCUT2D eigenvalue weighted by molar-refractivity contribution is 5.93. The van der Waals surface area contributed by atoms with E-state index in [1.807, 2.05) is 13.1 Å². The number of nitrogens with one attached hydrogen (secondary N) is 1. The van der Waals surface area contributed by atoms with E-state index in [4.69, 9.17) is 5.11 Å². The summed E-state index contributed by atoms with van der Waals surface area (Å²) >= 11 is 0. The molecule has 4 heterocycles. The van der Waals surface area contributed by atoms with Gasteiger partial charge in [0.15, 0.2) is 5.82 Å². The molecule has 0 unspecified atom stereocenters. The van der Waals surface area contributed by atoms with Gasteiger partial charge in [0, 0.05) is 37.6 Å². The third-order valence-electron chi connectivity index (χ3n) is 7.29. The van der Waals surface area contributed by atoms with E-state index in [2.05, 4.69) is 25.4 Å². The van der Waals surface area contributed by atoms with E-state index in [-0.39, 0.29) is 16.9 Å². The number of alkyl halides is 2. The fraction of sp³-hybridized carbons (Fsp3) is 0.440. The smallest absolute Gasteiger partial charge is 0.298 e. The van der Waals surface area contributed by atoms with Gasteiger partial charge >= 0.3 is 0 Å². The Balaban J connectivity index is 1.44. The fourth-order valence-corrected chi connectivity index (χ4v) is 5.12. The Labute approximate surface area is 206 Å². The minimum absolute atomic E-state index is 0.00816. The van der Waals surface area contributed by atoms with Crippen LogP contribution in [0.5, 0.6) is 0 Å². The van der Waals surface area contributed by atoms with Crippen molar-refractivity contribution < 1.29 is 23.1 Å². The first-order chi connectivity index (χ1) is 17.1. The van der Waals surface area contributed by atoms with Crippen molar-refractivity contribution in [2.45, 2.75) is 32.2 Å². The molecule has 1 spiro atoms. The zero-order valence-electron chi connectivity index (χ0n) is 20.2. The number of halogens is 3. The molecule has 2 aliphatic rings. The van der Waals surface area contributed by atoms with Crippen molar-refractivity contribution >= 4 is 28.3 Å². The highest BCUT2D eigenvalue weighted by atomic mass is 19.3. The summed E-state index contributed by atoms with van der Waals surface area (Å²) in [6.07, 6.45) is 2.56. The summed E-state index contributed by atoms with van der Waals surface area (Å²) in [7, 11) is 1.82. The van der Waals surface area contributed by atoms with Gasteiger partial charge in [0.2, 0.25) is 5.91 Å². The third-order valence-corrected chi connectivity index (χ3v) is 7.29. The molecule has 2 fully saturated rings. The summed E-state index contributed by atoms with van der Waals surface area (Å²) in [4.78, 5) is 21.0. The molecule has 190 valence electrons. The molecule has 8 nitrogen and oxygen atoms in total. The Morgan fingerprint density at radius 1 is 1.28 bits per heavy atom. The third kappa shape index (κ3) is 3.82. The van der Waals surface area contributed by atoms with Crippen LogP contribution in [0.1, 0.15) is 36.2 Å². The van der Waals surface area contributed by atoms with Gasteiger partial charge in [-0.2, -0.15) is 13.9 Å². The number of hydrogen-bond donors (Lipinski definition) is 2. The number of carbonyl (C=O) groups excluding carboxylic acids is 1. The molecule has 2 N–H and O–H groups in total. The minimum Gasteiger partial charge on any atom is -0.390 e. The lowest BCUT2D eigenvalue weighted by molar-refractivity contribution is -0.136. The van der Waals surface area contributed by atoms with E-state index in [0.29, 0.717) is 35.5 Å². The first kappa shape index (κ1) is 24.2. The molecule has 1 amide bonds. The van der Waals surface area contributed by atoms with Gasteiger partial charge in [-0.3, -0.25) is 9.78 Å². The molecule has 2 aromatic heterocycles. The highest BCUT2D eigenvalue weighted by Crippen LogP contribution is 2.43. The molecule has 5 rings (SSSR count). The van der Waals surface area contributed by atoms with E-state index >= 15 is 0 Å². The Kier molecular flexibility index (Phi) is 5.77. The predicted molar refractivity (Wildman–Crippen MR) is 128 cm³/mol. The van der Waals surface area contributed by atoms with Crippen molar-refractivity contribution in [1.29, 1.82) is 0 Å². The number of benzene rings is 1. The van der Waals surface area contributed by atoms with Crippen molar-refractivity contribution in [3.63, 3.8) is 0 Å². The number of fused-ring (bicyclic) bond motifs is 1. The van der Waals surface area contributed by atoms with Gasteiger partial charge in [0.1, 0.15) is 12.4 Å². The second-order valence-electron chi connectivity index (χ2n) is 9.77. The number of anilines is 2. The lowest BCUT2D eigenvalue weighted by Crippen LogP contribution is -2.60. The van der Waals surface area contributed by atoms with Crippen molar-refractivity contribution in [3.8, 4) is 0 Å². The van der Waals surface area contributed by atoms with E-state index in [0.717, 1.165) is 24.7 Å². The standard InChI is InChI=1S/C25H27F3N6O2/c1-14(17-5-4-6-19(20(17)26)25(27,28)13-35)30-22-18-9-16(10-29-21(18)15(2)31-32-22)34-11-24(12-34)7-8-33(3)23(24)36/h4-6,9-10,14,35H,7-8,11-13H2,1-3H3,(H,30,32)/t14-/m1/s1. The maximum atomic E-state index is 15.0. The summed E-state index contributed by atoms with van der Waals surface area (Å²) in [5.41, 5.74) is 0.849. The van der Waals surface area contributed by atoms with Crippen LogP contribution in [0.25, 0.3) is 10.9 Å². The van der Waals surface area contributed by atoms with E-state index in [1.54, 1.807) is 24.9 Å². The number of aromatic nitrogens is 3. The van der Waals surface area contributed by atoms with E-state index in [9.17, 15) is 18.0 Å². The number of aliphatic hydroxyl groups is 1. The number of amides is 1. The Morgan fingerprint density at radius 3 is 2.69 bits per heavy atom. The minimum atomic E-state index is -3.70. The average molecular weight is 501 g/mol. The second kappa shape index (κ2) is 8.58. The first-order valence-electron chi connectivity index (χ1n) is 11.7. The Morgan fingerprint density at radius 2 is 2.03 bits per heavy atom. The molecular formula is C25H27F3N6O2. The molecule has 3 aromatic rings. The number of aryl methyl sites for hydroxylation is 1. The first-order valence-corrected chi connectivity index (χ1v) is 11.7. The summed E-state index contributed by atoms with van der Waals surface area (Å²) in [5.74, 6) is -4.28. The number of rotatable bonds is 6. The molecule has 2 aliphatic heterocycles. The normalized spacial score (nSPS) is 18.1.